The molecule has 23 heavy (non-hydrogen) atoms. The number of aliphatic carboxylic acids is 1. The van der Waals surface area contributed by atoms with Gasteiger partial charge in [0, 0.05) is 25.1 Å². The summed E-state index contributed by atoms with van der Waals surface area (Å²) in [4.78, 5) is 25.7. The first-order chi connectivity index (χ1) is 11.1. The lowest BCUT2D eigenvalue weighted by Crippen LogP contribution is -2.40. The van der Waals surface area contributed by atoms with Gasteiger partial charge in [-0.1, -0.05) is 11.6 Å². The molecule has 1 saturated carbocycles. The third kappa shape index (κ3) is 2.44. The highest BCUT2D eigenvalue weighted by atomic mass is 16.5. The molecule has 1 atom stereocenters. The van der Waals surface area contributed by atoms with Crippen LogP contribution in [0.5, 0.6) is 0 Å². The zero-order valence-electron chi connectivity index (χ0n) is 13.2. The van der Waals surface area contributed by atoms with Crippen molar-refractivity contribution in [1.29, 1.82) is 0 Å². The molecule has 4 rings (SSSR count). The predicted octanol–water partition coefficient (Wildman–Crippen LogP) is 2.27. The molecular formula is C17H22N2O4. The average molecular weight is 318 g/mol. The number of hydrogen-bond acceptors (Lipinski definition) is 4. The summed E-state index contributed by atoms with van der Waals surface area (Å²) < 4.78 is 5.41. The van der Waals surface area contributed by atoms with Crippen molar-refractivity contribution < 1.29 is 19.2 Å². The Morgan fingerprint density at radius 2 is 1.91 bits per heavy atom. The van der Waals surface area contributed by atoms with E-state index < -0.39 is 5.97 Å². The number of carboxylic acids is 1. The van der Waals surface area contributed by atoms with Gasteiger partial charge < -0.3 is 14.5 Å². The van der Waals surface area contributed by atoms with Crippen LogP contribution in [0.2, 0.25) is 0 Å². The number of carboxylic acid groups (broad SMARTS) is 1. The number of amides is 1. The van der Waals surface area contributed by atoms with Gasteiger partial charge in [-0.05, 0) is 43.9 Å². The first-order valence-corrected chi connectivity index (χ1v) is 8.60. The maximum atomic E-state index is 12.8. The molecule has 6 nitrogen and oxygen atoms in total. The number of hydrogen-bond donors (Lipinski definition) is 1. The van der Waals surface area contributed by atoms with E-state index in [0.29, 0.717) is 18.8 Å². The van der Waals surface area contributed by atoms with Crippen LogP contribution in [0, 0.1) is 11.3 Å². The van der Waals surface area contributed by atoms with E-state index in [0.717, 1.165) is 56.3 Å². The molecule has 0 radical (unpaired) electrons. The van der Waals surface area contributed by atoms with Gasteiger partial charge >= 0.3 is 5.97 Å². The van der Waals surface area contributed by atoms with Crippen molar-refractivity contribution in [1.82, 2.24) is 10.1 Å². The molecule has 2 heterocycles. The molecule has 0 bridgehead atoms. The highest BCUT2D eigenvalue weighted by molar-refractivity contribution is 5.94. The van der Waals surface area contributed by atoms with Crippen LogP contribution in [-0.4, -0.2) is 40.1 Å². The first-order valence-electron chi connectivity index (χ1n) is 8.60. The van der Waals surface area contributed by atoms with E-state index in [1.807, 2.05) is 4.90 Å². The van der Waals surface area contributed by atoms with Crippen LogP contribution in [0.15, 0.2) is 4.52 Å². The Labute approximate surface area is 134 Å². The fourth-order valence-corrected chi connectivity index (χ4v) is 4.28. The van der Waals surface area contributed by atoms with E-state index in [9.17, 15) is 9.59 Å². The lowest BCUT2D eigenvalue weighted by Gasteiger charge is -2.32. The SMILES string of the molecule is O=C(O)C1CC12CCN(C(=O)c1noc3c1CCCCC3)CC2. The van der Waals surface area contributed by atoms with E-state index >= 15 is 0 Å². The van der Waals surface area contributed by atoms with Crippen molar-refractivity contribution in [3.63, 3.8) is 0 Å². The van der Waals surface area contributed by atoms with Crippen LogP contribution in [0.25, 0.3) is 0 Å². The molecule has 2 aliphatic carbocycles. The number of aromatic nitrogens is 1. The minimum absolute atomic E-state index is 0.0423. The summed E-state index contributed by atoms with van der Waals surface area (Å²) in [6.45, 7) is 1.26. The Morgan fingerprint density at radius 1 is 1.17 bits per heavy atom. The van der Waals surface area contributed by atoms with Crippen LogP contribution in [0.3, 0.4) is 0 Å². The standard InChI is InChI=1S/C17H22N2O4/c20-15(14-11-4-2-1-3-5-13(11)23-18-14)19-8-6-17(7-9-19)10-12(17)16(21)22/h12H,1-10H2,(H,21,22). The molecule has 124 valence electrons. The second-order valence-corrected chi connectivity index (χ2v) is 7.24. The lowest BCUT2D eigenvalue weighted by molar-refractivity contribution is -0.139. The number of carbonyl (C=O) groups is 2. The van der Waals surface area contributed by atoms with Gasteiger partial charge in [0.25, 0.3) is 5.91 Å². The molecule has 0 aromatic carbocycles. The molecule has 1 aliphatic heterocycles. The molecule has 2 fully saturated rings. The molecule has 1 spiro atoms. The Kier molecular flexibility index (Phi) is 3.43. The number of aryl methyl sites for hydroxylation is 1. The second-order valence-electron chi connectivity index (χ2n) is 7.24. The van der Waals surface area contributed by atoms with E-state index in [-0.39, 0.29) is 17.2 Å². The number of piperidine rings is 1. The van der Waals surface area contributed by atoms with Crippen LogP contribution in [0.4, 0.5) is 0 Å². The average Bonchev–Trinajstić information content (AvgIpc) is 3.19. The van der Waals surface area contributed by atoms with Gasteiger partial charge in [0.2, 0.25) is 0 Å². The third-order valence-electron chi connectivity index (χ3n) is 5.94. The van der Waals surface area contributed by atoms with E-state index in [2.05, 4.69) is 5.16 Å². The Hall–Kier alpha value is -1.85. The van der Waals surface area contributed by atoms with Crippen LogP contribution < -0.4 is 0 Å². The van der Waals surface area contributed by atoms with Crippen molar-refractivity contribution in [2.75, 3.05) is 13.1 Å². The summed E-state index contributed by atoms with van der Waals surface area (Å²) in [5, 5.41) is 13.2. The second kappa shape index (κ2) is 5.35. The summed E-state index contributed by atoms with van der Waals surface area (Å²) in [6, 6.07) is 0. The Balaban J connectivity index is 1.45. The number of nitrogens with zero attached hydrogens (tertiary/aromatic N) is 2. The van der Waals surface area contributed by atoms with Gasteiger partial charge in [-0.25, -0.2) is 0 Å². The van der Waals surface area contributed by atoms with Crippen molar-refractivity contribution in [2.45, 2.75) is 51.4 Å². The van der Waals surface area contributed by atoms with Gasteiger partial charge in [-0.3, -0.25) is 9.59 Å². The van der Waals surface area contributed by atoms with Gasteiger partial charge in [0.15, 0.2) is 5.69 Å². The van der Waals surface area contributed by atoms with Crippen LogP contribution in [-0.2, 0) is 17.6 Å². The summed E-state index contributed by atoms with van der Waals surface area (Å²) in [6.07, 6.45) is 7.43. The molecule has 1 unspecified atom stereocenters. The molecule has 1 N–H and O–H groups in total. The van der Waals surface area contributed by atoms with Gasteiger partial charge in [0.05, 0.1) is 5.92 Å². The fourth-order valence-electron chi connectivity index (χ4n) is 4.28. The largest absolute Gasteiger partial charge is 0.481 e. The van der Waals surface area contributed by atoms with Crippen molar-refractivity contribution in [3.8, 4) is 0 Å². The minimum Gasteiger partial charge on any atom is -0.481 e. The number of carbonyl (C=O) groups excluding carboxylic acids is 1. The molecule has 1 aromatic heterocycles. The van der Waals surface area contributed by atoms with E-state index in [4.69, 9.17) is 9.63 Å². The molecule has 6 heteroatoms. The van der Waals surface area contributed by atoms with Gasteiger partial charge in [-0.2, -0.15) is 0 Å². The molecular weight excluding hydrogens is 296 g/mol. The topological polar surface area (TPSA) is 83.6 Å². The van der Waals surface area contributed by atoms with Gasteiger partial charge in [-0.15, -0.1) is 0 Å². The van der Waals surface area contributed by atoms with Crippen LogP contribution >= 0.6 is 0 Å². The summed E-state index contributed by atoms with van der Waals surface area (Å²) >= 11 is 0. The van der Waals surface area contributed by atoms with Crippen LogP contribution in [0.1, 0.15) is 60.3 Å². The predicted molar refractivity (Wildman–Crippen MR) is 81.1 cm³/mol. The summed E-state index contributed by atoms with van der Waals surface area (Å²) in [5.41, 5.74) is 1.44. The minimum atomic E-state index is -0.688. The Morgan fingerprint density at radius 3 is 2.61 bits per heavy atom. The number of fused-ring (bicyclic) bond motifs is 1. The summed E-state index contributed by atoms with van der Waals surface area (Å²) in [7, 11) is 0. The summed E-state index contributed by atoms with van der Waals surface area (Å²) in [5.74, 6) is -0.0542. The zero-order chi connectivity index (χ0) is 16.0. The fraction of sp³-hybridized carbons (Fsp3) is 0.706. The highest BCUT2D eigenvalue weighted by Gasteiger charge is 2.59. The molecule has 1 amide bonds. The van der Waals surface area contributed by atoms with E-state index in [1.54, 1.807) is 0 Å². The number of rotatable bonds is 2. The maximum absolute atomic E-state index is 12.8. The van der Waals surface area contributed by atoms with Crippen molar-refractivity contribution >= 4 is 11.9 Å². The van der Waals surface area contributed by atoms with E-state index in [1.165, 1.54) is 6.42 Å². The molecule has 1 saturated heterocycles. The molecule has 3 aliphatic rings. The van der Waals surface area contributed by atoms with Gasteiger partial charge in [0.1, 0.15) is 5.76 Å². The zero-order valence-corrected chi connectivity index (χ0v) is 13.2. The van der Waals surface area contributed by atoms with Crippen molar-refractivity contribution in [3.05, 3.63) is 17.0 Å². The van der Waals surface area contributed by atoms with Crippen molar-refractivity contribution in [2.24, 2.45) is 11.3 Å². The number of likely N-dealkylation sites (tertiary alicyclic amines) is 1. The smallest absolute Gasteiger partial charge is 0.307 e. The highest BCUT2D eigenvalue weighted by Crippen LogP contribution is 2.59. The lowest BCUT2D eigenvalue weighted by atomic mass is 9.90. The Bertz CT molecular complexity index is 643. The molecule has 1 aromatic rings. The third-order valence-corrected chi connectivity index (χ3v) is 5.94. The quantitative estimate of drug-likeness (QED) is 0.846. The maximum Gasteiger partial charge on any atom is 0.307 e. The first kappa shape index (κ1) is 14.7. The monoisotopic (exact) mass is 318 g/mol. The normalized spacial score (nSPS) is 25.7.